The van der Waals surface area contributed by atoms with Crippen molar-refractivity contribution in [3.63, 3.8) is 0 Å². The Morgan fingerprint density at radius 1 is 1.50 bits per heavy atom. The normalized spacial score (nSPS) is 14.0. The van der Waals surface area contributed by atoms with Crippen LogP contribution in [-0.2, 0) is 0 Å². The summed E-state index contributed by atoms with van der Waals surface area (Å²) in [5, 5.41) is 0. The summed E-state index contributed by atoms with van der Waals surface area (Å²) in [4.78, 5) is 0. The number of hydrogen-bond acceptors (Lipinski definition) is 0. The van der Waals surface area contributed by atoms with Crippen LogP contribution in [0.2, 0.25) is 0 Å². The summed E-state index contributed by atoms with van der Waals surface area (Å²) in [6.07, 6.45) is 0. The van der Waals surface area contributed by atoms with E-state index >= 15 is 0 Å². The van der Waals surface area contributed by atoms with Crippen LogP contribution in [0.5, 0.6) is 0 Å². The van der Waals surface area contributed by atoms with E-state index in [1.54, 1.807) is 0 Å². The van der Waals surface area contributed by atoms with E-state index in [0.29, 0.717) is 0 Å². The first-order valence-electron chi connectivity index (χ1n) is 1.48. The summed E-state index contributed by atoms with van der Waals surface area (Å²) in [5.41, 5.74) is 0. The van der Waals surface area contributed by atoms with Crippen molar-refractivity contribution >= 4 is 31.9 Å². The van der Waals surface area contributed by atoms with Gasteiger partial charge in [-0.3, -0.25) is 0 Å². The highest BCUT2D eigenvalue weighted by Crippen LogP contribution is 2.14. The van der Waals surface area contributed by atoms with Crippen LogP contribution >= 0.6 is 31.9 Å². The Bertz CT molecular complexity index is 55.6. The summed E-state index contributed by atoms with van der Waals surface area (Å²) in [5.74, 6) is 0. The van der Waals surface area contributed by atoms with Crippen molar-refractivity contribution in [2.45, 2.75) is 6.92 Å². The molecular weight excluding hydrogens is 208 g/mol. The van der Waals surface area contributed by atoms with E-state index in [1.807, 2.05) is 6.92 Å². The Morgan fingerprint density at radius 3 is 1.67 bits per heavy atom. The molecule has 0 spiro atoms. The fourth-order valence-corrected chi connectivity index (χ4v) is 0. The van der Waals surface area contributed by atoms with Gasteiger partial charge in [0.25, 0.3) is 0 Å². The van der Waals surface area contributed by atoms with Gasteiger partial charge in [-0.2, -0.15) is 0 Å². The van der Waals surface area contributed by atoms with Crippen LogP contribution in [0.15, 0.2) is 8.96 Å². The van der Waals surface area contributed by atoms with E-state index in [-0.39, 0.29) is 0 Å². The molecule has 0 aliphatic rings. The minimum atomic E-state index is 0.905. The molecule has 0 N–H and O–H groups in total. The second-order valence-electron chi connectivity index (χ2n) is 0.938. The summed E-state index contributed by atoms with van der Waals surface area (Å²) in [6, 6.07) is 0. The van der Waals surface area contributed by atoms with Gasteiger partial charge in [-0.05, 0) is 13.8 Å². The van der Waals surface area contributed by atoms with E-state index in [1.165, 1.54) is 0 Å². The second kappa shape index (κ2) is 2.80. The topological polar surface area (TPSA) is 0 Å². The average Bonchev–Trinajstić information content (AvgIpc) is 1.36. The largest absolute Gasteiger partial charge is 0.0551 e. The predicted molar refractivity (Wildman–Crippen MR) is 35.9 cm³/mol. The zero-order valence-electron chi connectivity index (χ0n) is 3.46. The maximum absolute atomic E-state index is 3.59. The summed E-state index contributed by atoms with van der Waals surface area (Å²) < 4.78 is 1.95. The van der Waals surface area contributed by atoms with E-state index in [9.17, 15) is 0 Å². The minimum Gasteiger partial charge on any atom is -0.0551 e. The van der Waals surface area contributed by atoms with Gasteiger partial charge in [0, 0.05) is 8.96 Å². The van der Waals surface area contributed by atoms with Gasteiger partial charge in [-0.15, -0.1) is 0 Å². The lowest BCUT2D eigenvalue weighted by Gasteiger charge is -1.82. The number of allylic oxidation sites excluding steroid dienone is 2. The third-order valence-corrected chi connectivity index (χ3v) is 1.98. The van der Waals surface area contributed by atoms with Gasteiger partial charge in [0.2, 0.25) is 0 Å². The highest BCUT2D eigenvalue weighted by molar-refractivity contribution is 9.14. The van der Waals surface area contributed by atoms with Crippen molar-refractivity contribution in [3.8, 4) is 0 Å². The maximum atomic E-state index is 3.59. The highest BCUT2D eigenvalue weighted by atomic mass is 79.9. The van der Waals surface area contributed by atoms with Gasteiger partial charge >= 0.3 is 0 Å². The van der Waals surface area contributed by atoms with Gasteiger partial charge in [0.15, 0.2) is 0 Å². The SMILES string of the molecule is [CH2]/C(Br)=C(/C)Br. The number of hydrogen-bond donors (Lipinski definition) is 0. The molecule has 0 aromatic carbocycles. The minimum absolute atomic E-state index is 0.905. The smallest absolute Gasteiger partial charge is 0.00524 e. The van der Waals surface area contributed by atoms with Gasteiger partial charge in [0.1, 0.15) is 0 Å². The first-order chi connectivity index (χ1) is 2.64. The first kappa shape index (κ1) is 6.70. The zero-order valence-corrected chi connectivity index (χ0v) is 6.64. The molecule has 0 nitrogen and oxygen atoms in total. The molecule has 1 radical (unpaired) electrons. The van der Waals surface area contributed by atoms with Crippen molar-refractivity contribution < 1.29 is 0 Å². The number of rotatable bonds is 0. The monoisotopic (exact) mass is 211 g/mol. The number of halogens is 2. The maximum Gasteiger partial charge on any atom is 0.00524 e. The van der Waals surface area contributed by atoms with Gasteiger partial charge < -0.3 is 0 Å². The summed E-state index contributed by atoms with van der Waals surface area (Å²) in [6.45, 7) is 5.52. The van der Waals surface area contributed by atoms with Gasteiger partial charge in [-0.1, -0.05) is 31.9 Å². The Morgan fingerprint density at radius 2 is 1.67 bits per heavy atom. The molecule has 0 atom stereocenters. The fourth-order valence-electron chi connectivity index (χ4n) is 0. The lowest BCUT2D eigenvalue weighted by atomic mass is 10.6. The Labute approximate surface area is 54.9 Å². The van der Waals surface area contributed by atoms with Gasteiger partial charge in [-0.25, -0.2) is 0 Å². The molecule has 35 valence electrons. The Kier molecular flexibility index (Phi) is 3.13. The molecule has 0 fully saturated rings. The molecular formula is C4H5Br2. The molecule has 6 heavy (non-hydrogen) atoms. The van der Waals surface area contributed by atoms with Crippen molar-refractivity contribution in [2.24, 2.45) is 0 Å². The van der Waals surface area contributed by atoms with Crippen LogP contribution in [0.4, 0.5) is 0 Å². The quantitative estimate of drug-likeness (QED) is 0.580. The summed E-state index contributed by atoms with van der Waals surface area (Å²) >= 11 is 6.37. The fraction of sp³-hybridized carbons (Fsp3) is 0.250. The second-order valence-corrected chi connectivity index (χ2v) is 3.09. The van der Waals surface area contributed by atoms with E-state index in [2.05, 4.69) is 38.8 Å². The van der Waals surface area contributed by atoms with E-state index in [4.69, 9.17) is 0 Å². The lowest BCUT2D eigenvalue weighted by molar-refractivity contribution is 1.68. The van der Waals surface area contributed by atoms with Crippen molar-refractivity contribution in [1.82, 2.24) is 0 Å². The molecule has 0 bridgehead atoms. The third-order valence-electron chi connectivity index (χ3n) is 0.374. The highest BCUT2D eigenvalue weighted by Gasteiger charge is 1.80. The van der Waals surface area contributed by atoms with Crippen molar-refractivity contribution in [2.75, 3.05) is 0 Å². The molecule has 0 saturated carbocycles. The molecule has 0 aromatic rings. The standard InChI is InChI=1S/C4H5Br2/c1-3(5)4(2)6/h1H2,2H3/b4-3+. The molecule has 0 heterocycles. The van der Waals surface area contributed by atoms with Gasteiger partial charge in [0.05, 0.1) is 0 Å². The van der Waals surface area contributed by atoms with Crippen LogP contribution in [0.3, 0.4) is 0 Å². The molecule has 0 saturated heterocycles. The summed E-state index contributed by atoms with van der Waals surface area (Å²) in [7, 11) is 0. The van der Waals surface area contributed by atoms with E-state index < -0.39 is 0 Å². The third kappa shape index (κ3) is 2.91. The van der Waals surface area contributed by atoms with Crippen LogP contribution in [0.1, 0.15) is 6.92 Å². The molecule has 0 rings (SSSR count). The molecule has 0 aliphatic carbocycles. The molecule has 0 aromatic heterocycles. The zero-order chi connectivity index (χ0) is 5.15. The Hall–Kier alpha value is 0.700. The van der Waals surface area contributed by atoms with Crippen LogP contribution < -0.4 is 0 Å². The molecule has 2 heteroatoms. The molecule has 0 unspecified atom stereocenters. The van der Waals surface area contributed by atoms with Crippen LogP contribution in [-0.4, -0.2) is 0 Å². The van der Waals surface area contributed by atoms with Crippen molar-refractivity contribution in [1.29, 1.82) is 0 Å². The molecule has 0 amide bonds. The van der Waals surface area contributed by atoms with Crippen molar-refractivity contribution in [3.05, 3.63) is 15.9 Å². The van der Waals surface area contributed by atoms with E-state index in [0.717, 1.165) is 8.96 Å². The lowest BCUT2D eigenvalue weighted by Crippen LogP contribution is -1.56. The first-order valence-corrected chi connectivity index (χ1v) is 3.07. The Balaban J connectivity index is 3.68. The predicted octanol–water partition coefficient (Wildman–Crippen LogP) is 2.84. The average molecular weight is 213 g/mol. The van der Waals surface area contributed by atoms with Crippen LogP contribution in [0.25, 0.3) is 0 Å². The molecule has 0 aliphatic heterocycles. The van der Waals surface area contributed by atoms with Crippen LogP contribution in [0, 0.1) is 6.92 Å².